The molecule has 1 aliphatic heterocycles. The number of rotatable bonds is 5. The average molecular weight is 261 g/mol. The Morgan fingerprint density at radius 3 is 2.84 bits per heavy atom. The van der Waals surface area contributed by atoms with Crippen molar-refractivity contribution in [1.82, 2.24) is 10.3 Å². The summed E-state index contributed by atoms with van der Waals surface area (Å²) in [4.78, 5) is 18.5. The molecule has 0 spiro atoms. The lowest BCUT2D eigenvalue weighted by Gasteiger charge is -2.17. The second-order valence-corrected chi connectivity index (χ2v) is 5.53. The van der Waals surface area contributed by atoms with Gasteiger partial charge in [-0.2, -0.15) is 0 Å². The Labute approximate surface area is 115 Å². The molecule has 1 fully saturated rings. The SMILES string of the molecule is CC(C)CCNC(=O)c1cc(N2CCCC2)ccn1. The van der Waals surface area contributed by atoms with E-state index in [-0.39, 0.29) is 5.91 Å². The van der Waals surface area contributed by atoms with Crippen molar-refractivity contribution in [3.8, 4) is 0 Å². The van der Waals surface area contributed by atoms with Crippen molar-refractivity contribution in [2.45, 2.75) is 33.1 Å². The van der Waals surface area contributed by atoms with Crippen LogP contribution in [0.2, 0.25) is 0 Å². The van der Waals surface area contributed by atoms with Crippen molar-refractivity contribution in [2.75, 3.05) is 24.5 Å². The summed E-state index contributed by atoms with van der Waals surface area (Å²) in [6.07, 6.45) is 5.19. The predicted octanol–water partition coefficient (Wildman–Crippen LogP) is 2.46. The predicted molar refractivity (Wildman–Crippen MR) is 77.5 cm³/mol. The van der Waals surface area contributed by atoms with Crippen LogP contribution in [0.3, 0.4) is 0 Å². The fourth-order valence-electron chi connectivity index (χ4n) is 2.28. The first-order valence-corrected chi connectivity index (χ1v) is 7.16. The topological polar surface area (TPSA) is 45.2 Å². The zero-order valence-corrected chi connectivity index (χ0v) is 11.9. The molecule has 1 saturated heterocycles. The van der Waals surface area contributed by atoms with Crippen LogP contribution in [0.1, 0.15) is 43.6 Å². The molecular formula is C15H23N3O. The molecule has 1 N–H and O–H groups in total. The molecule has 1 amide bonds. The van der Waals surface area contributed by atoms with Gasteiger partial charge >= 0.3 is 0 Å². The Balaban J connectivity index is 1.95. The molecule has 0 aliphatic carbocycles. The third-order valence-corrected chi connectivity index (χ3v) is 3.45. The number of anilines is 1. The molecule has 0 atom stereocenters. The number of amides is 1. The fraction of sp³-hybridized carbons (Fsp3) is 0.600. The number of nitrogens with one attached hydrogen (secondary N) is 1. The Kier molecular flexibility index (Phi) is 4.77. The van der Waals surface area contributed by atoms with Crippen molar-refractivity contribution in [3.63, 3.8) is 0 Å². The minimum absolute atomic E-state index is 0.0679. The van der Waals surface area contributed by atoms with E-state index in [0.29, 0.717) is 18.2 Å². The van der Waals surface area contributed by atoms with Crippen molar-refractivity contribution in [2.24, 2.45) is 5.92 Å². The van der Waals surface area contributed by atoms with E-state index in [2.05, 4.69) is 29.0 Å². The lowest BCUT2D eigenvalue weighted by atomic mass is 10.1. The average Bonchev–Trinajstić information content (AvgIpc) is 2.92. The molecule has 104 valence electrons. The molecular weight excluding hydrogens is 238 g/mol. The van der Waals surface area contributed by atoms with Gasteiger partial charge in [0.2, 0.25) is 0 Å². The summed E-state index contributed by atoms with van der Waals surface area (Å²) in [5.74, 6) is 0.533. The number of aromatic nitrogens is 1. The minimum atomic E-state index is -0.0679. The largest absolute Gasteiger partial charge is 0.371 e. The van der Waals surface area contributed by atoms with Crippen LogP contribution in [0, 0.1) is 5.92 Å². The highest BCUT2D eigenvalue weighted by molar-refractivity contribution is 5.93. The third kappa shape index (κ3) is 3.94. The molecule has 0 radical (unpaired) electrons. The van der Waals surface area contributed by atoms with Crippen molar-refractivity contribution >= 4 is 11.6 Å². The summed E-state index contributed by atoms with van der Waals surface area (Å²) in [6.45, 7) is 7.18. The zero-order chi connectivity index (χ0) is 13.7. The van der Waals surface area contributed by atoms with Gasteiger partial charge in [-0.3, -0.25) is 9.78 Å². The molecule has 2 rings (SSSR count). The molecule has 0 saturated carbocycles. The maximum Gasteiger partial charge on any atom is 0.269 e. The van der Waals surface area contributed by atoms with Gasteiger partial charge in [0.05, 0.1) is 0 Å². The minimum Gasteiger partial charge on any atom is -0.371 e. The first-order valence-electron chi connectivity index (χ1n) is 7.16. The van der Waals surface area contributed by atoms with Crippen LogP contribution >= 0.6 is 0 Å². The quantitative estimate of drug-likeness (QED) is 0.885. The number of nitrogens with zero attached hydrogens (tertiary/aromatic N) is 2. The van der Waals surface area contributed by atoms with E-state index in [1.165, 1.54) is 12.8 Å². The summed E-state index contributed by atoms with van der Waals surface area (Å²) in [7, 11) is 0. The first-order chi connectivity index (χ1) is 9.16. The second-order valence-electron chi connectivity index (χ2n) is 5.53. The van der Waals surface area contributed by atoms with Gasteiger partial charge in [-0.05, 0) is 37.3 Å². The lowest BCUT2D eigenvalue weighted by molar-refractivity contribution is 0.0947. The standard InChI is InChI=1S/C15H23N3O/c1-12(2)5-7-17-15(19)14-11-13(6-8-16-14)18-9-3-4-10-18/h6,8,11-12H,3-5,7,9-10H2,1-2H3,(H,17,19). The van der Waals surface area contributed by atoms with E-state index >= 15 is 0 Å². The van der Waals surface area contributed by atoms with E-state index in [9.17, 15) is 4.79 Å². The van der Waals surface area contributed by atoms with E-state index < -0.39 is 0 Å². The molecule has 0 aromatic carbocycles. The summed E-state index contributed by atoms with van der Waals surface area (Å²) >= 11 is 0. The van der Waals surface area contributed by atoms with Gasteiger partial charge in [0, 0.05) is 31.5 Å². The molecule has 1 aromatic heterocycles. The Morgan fingerprint density at radius 1 is 1.42 bits per heavy atom. The fourth-order valence-corrected chi connectivity index (χ4v) is 2.28. The monoisotopic (exact) mass is 261 g/mol. The summed E-state index contributed by atoms with van der Waals surface area (Å²) in [5, 5.41) is 2.93. The molecule has 1 aliphatic rings. The van der Waals surface area contributed by atoms with Crippen molar-refractivity contribution in [3.05, 3.63) is 24.0 Å². The zero-order valence-electron chi connectivity index (χ0n) is 11.9. The van der Waals surface area contributed by atoms with Crippen molar-refractivity contribution < 1.29 is 4.79 Å². The van der Waals surface area contributed by atoms with Gasteiger partial charge in [0.1, 0.15) is 5.69 Å². The highest BCUT2D eigenvalue weighted by Gasteiger charge is 2.14. The van der Waals surface area contributed by atoms with Crippen LogP contribution in [0.25, 0.3) is 0 Å². The Bertz CT molecular complexity index is 425. The number of hydrogen-bond donors (Lipinski definition) is 1. The van der Waals surface area contributed by atoms with Gasteiger partial charge in [0.25, 0.3) is 5.91 Å². The molecule has 4 heteroatoms. The van der Waals surface area contributed by atoms with Gasteiger partial charge in [0.15, 0.2) is 0 Å². The lowest BCUT2D eigenvalue weighted by Crippen LogP contribution is -2.26. The van der Waals surface area contributed by atoms with Gasteiger partial charge < -0.3 is 10.2 Å². The molecule has 1 aromatic rings. The molecule has 4 nitrogen and oxygen atoms in total. The summed E-state index contributed by atoms with van der Waals surface area (Å²) in [6, 6.07) is 3.88. The van der Waals surface area contributed by atoms with E-state index in [1.54, 1.807) is 6.20 Å². The van der Waals surface area contributed by atoms with Gasteiger partial charge in [-0.15, -0.1) is 0 Å². The van der Waals surface area contributed by atoms with Crippen LogP contribution in [0.5, 0.6) is 0 Å². The van der Waals surface area contributed by atoms with E-state index in [4.69, 9.17) is 0 Å². The number of pyridine rings is 1. The molecule has 19 heavy (non-hydrogen) atoms. The van der Waals surface area contributed by atoms with E-state index in [0.717, 1.165) is 25.2 Å². The van der Waals surface area contributed by atoms with Crippen LogP contribution < -0.4 is 10.2 Å². The van der Waals surface area contributed by atoms with Crippen LogP contribution in [-0.2, 0) is 0 Å². The summed E-state index contributed by atoms with van der Waals surface area (Å²) in [5.41, 5.74) is 1.63. The van der Waals surface area contributed by atoms with Gasteiger partial charge in [-0.25, -0.2) is 0 Å². The number of hydrogen-bond acceptors (Lipinski definition) is 3. The Hall–Kier alpha value is -1.58. The molecule has 0 unspecified atom stereocenters. The van der Waals surface area contributed by atoms with E-state index in [1.807, 2.05) is 12.1 Å². The van der Waals surface area contributed by atoms with Gasteiger partial charge in [-0.1, -0.05) is 13.8 Å². The maximum atomic E-state index is 12.0. The smallest absolute Gasteiger partial charge is 0.269 e. The first kappa shape index (κ1) is 13.8. The number of carbonyl (C=O) groups is 1. The molecule has 0 bridgehead atoms. The highest BCUT2D eigenvalue weighted by atomic mass is 16.1. The third-order valence-electron chi connectivity index (χ3n) is 3.45. The normalized spacial score (nSPS) is 15.0. The summed E-state index contributed by atoms with van der Waals surface area (Å²) < 4.78 is 0. The highest BCUT2D eigenvalue weighted by Crippen LogP contribution is 2.19. The van der Waals surface area contributed by atoms with Crippen LogP contribution in [0.4, 0.5) is 5.69 Å². The van der Waals surface area contributed by atoms with Crippen LogP contribution in [-0.4, -0.2) is 30.5 Å². The molecule has 2 heterocycles. The Morgan fingerprint density at radius 2 is 2.16 bits per heavy atom. The van der Waals surface area contributed by atoms with Crippen molar-refractivity contribution in [1.29, 1.82) is 0 Å². The van der Waals surface area contributed by atoms with Crippen LogP contribution in [0.15, 0.2) is 18.3 Å². The maximum absolute atomic E-state index is 12.0. The second kappa shape index (κ2) is 6.55. The number of carbonyl (C=O) groups excluding carboxylic acids is 1.